The minimum atomic E-state index is 0.0210. The van der Waals surface area contributed by atoms with Crippen LogP contribution in [0.15, 0.2) is 53.5 Å². The third kappa shape index (κ3) is 4.85. The van der Waals surface area contributed by atoms with E-state index < -0.39 is 0 Å². The number of nitrogens with zero attached hydrogens (tertiary/aromatic N) is 4. The molecule has 200 valence electrons. The van der Waals surface area contributed by atoms with Gasteiger partial charge in [0.15, 0.2) is 0 Å². The van der Waals surface area contributed by atoms with E-state index in [4.69, 9.17) is 14.5 Å². The first-order valence-electron chi connectivity index (χ1n) is 14.1. The molecule has 0 unspecified atom stereocenters. The van der Waals surface area contributed by atoms with Gasteiger partial charge in [0, 0.05) is 32.1 Å². The van der Waals surface area contributed by atoms with Gasteiger partial charge in [0.05, 0.1) is 35.5 Å². The second kappa shape index (κ2) is 10.9. The van der Waals surface area contributed by atoms with Crippen molar-refractivity contribution in [1.82, 2.24) is 19.0 Å². The van der Waals surface area contributed by atoms with Crippen molar-refractivity contribution in [1.29, 1.82) is 0 Å². The molecule has 0 N–H and O–H groups in total. The number of fused-ring (bicyclic) bond motifs is 3. The Morgan fingerprint density at radius 1 is 1.00 bits per heavy atom. The van der Waals surface area contributed by atoms with E-state index in [1.807, 2.05) is 17.8 Å². The van der Waals surface area contributed by atoms with Crippen LogP contribution in [0.25, 0.3) is 33.1 Å². The molecule has 4 aromatic rings. The summed E-state index contributed by atoms with van der Waals surface area (Å²) in [6, 6.07) is 14.8. The smallest absolute Gasteiger partial charge is 0.329 e. The SMILES string of the molecule is CO[C@@H]1CCC[C@H](n2c(=O)n(C)c3cnc4ccc(-c5ccc(OCCCN6CCCC6)cc5)cc4c32)C1. The van der Waals surface area contributed by atoms with Gasteiger partial charge in [-0.05, 0) is 93.4 Å². The normalized spacial score (nSPS) is 20.5. The van der Waals surface area contributed by atoms with Crippen molar-refractivity contribution < 1.29 is 9.47 Å². The summed E-state index contributed by atoms with van der Waals surface area (Å²) in [6.07, 6.45) is 9.71. The highest BCUT2D eigenvalue weighted by Gasteiger charge is 2.27. The highest BCUT2D eigenvalue weighted by molar-refractivity contribution is 6.04. The Morgan fingerprint density at radius 3 is 2.58 bits per heavy atom. The number of imidazole rings is 1. The number of pyridine rings is 1. The first-order valence-corrected chi connectivity index (χ1v) is 14.1. The lowest BCUT2D eigenvalue weighted by atomic mass is 9.92. The minimum absolute atomic E-state index is 0.0210. The molecule has 0 bridgehead atoms. The zero-order valence-electron chi connectivity index (χ0n) is 22.6. The number of aryl methyl sites for hydroxylation is 1. The number of methoxy groups -OCH3 is 1. The Hall–Kier alpha value is -3.16. The molecule has 0 spiro atoms. The highest BCUT2D eigenvalue weighted by atomic mass is 16.5. The Kier molecular flexibility index (Phi) is 7.22. The second-order valence-electron chi connectivity index (χ2n) is 10.9. The predicted octanol–water partition coefficient (Wildman–Crippen LogP) is 5.55. The molecule has 1 saturated heterocycles. The summed E-state index contributed by atoms with van der Waals surface area (Å²) in [5.74, 6) is 0.905. The van der Waals surface area contributed by atoms with E-state index in [1.54, 1.807) is 11.7 Å². The van der Waals surface area contributed by atoms with Crippen molar-refractivity contribution in [3.05, 3.63) is 59.1 Å². The molecule has 7 heteroatoms. The molecular formula is C31H38N4O3. The van der Waals surface area contributed by atoms with Crippen molar-refractivity contribution in [3.8, 4) is 16.9 Å². The van der Waals surface area contributed by atoms with E-state index >= 15 is 0 Å². The average Bonchev–Trinajstić information content (AvgIpc) is 3.57. The number of hydrogen-bond donors (Lipinski definition) is 0. The monoisotopic (exact) mass is 514 g/mol. The van der Waals surface area contributed by atoms with Crippen LogP contribution >= 0.6 is 0 Å². The van der Waals surface area contributed by atoms with E-state index in [1.165, 1.54) is 25.9 Å². The summed E-state index contributed by atoms with van der Waals surface area (Å²) >= 11 is 0. The van der Waals surface area contributed by atoms with Crippen LogP contribution in [0.5, 0.6) is 5.75 Å². The molecule has 2 aromatic carbocycles. The van der Waals surface area contributed by atoms with Gasteiger partial charge in [0.1, 0.15) is 5.75 Å². The van der Waals surface area contributed by atoms with Crippen molar-refractivity contribution in [2.75, 3.05) is 33.4 Å². The van der Waals surface area contributed by atoms with Crippen LogP contribution in [-0.2, 0) is 11.8 Å². The molecule has 1 aliphatic carbocycles. The molecule has 0 radical (unpaired) electrons. The van der Waals surface area contributed by atoms with Gasteiger partial charge < -0.3 is 14.4 Å². The Bertz CT molecular complexity index is 1470. The van der Waals surface area contributed by atoms with Gasteiger partial charge in [0.25, 0.3) is 0 Å². The largest absolute Gasteiger partial charge is 0.494 e. The third-order valence-electron chi connectivity index (χ3n) is 8.49. The summed E-state index contributed by atoms with van der Waals surface area (Å²) in [6.45, 7) is 4.33. The first kappa shape index (κ1) is 25.1. The quantitative estimate of drug-likeness (QED) is 0.289. The Morgan fingerprint density at radius 2 is 1.79 bits per heavy atom. The molecule has 38 heavy (non-hydrogen) atoms. The van der Waals surface area contributed by atoms with Crippen LogP contribution in [-0.4, -0.2) is 58.5 Å². The lowest BCUT2D eigenvalue weighted by Crippen LogP contribution is -2.31. The van der Waals surface area contributed by atoms with E-state index in [9.17, 15) is 4.79 Å². The topological polar surface area (TPSA) is 61.5 Å². The van der Waals surface area contributed by atoms with E-state index in [-0.39, 0.29) is 17.8 Å². The number of hydrogen-bond acceptors (Lipinski definition) is 5. The number of benzene rings is 2. The predicted molar refractivity (Wildman–Crippen MR) is 152 cm³/mol. The molecule has 0 amide bonds. The van der Waals surface area contributed by atoms with Crippen LogP contribution in [0.2, 0.25) is 0 Å². The van der Waals surface area contributed by atoms with Gasteiger partial charge in [-0.1, -0.05) is 18.2 Å². The number of likely N-dealkylation sites (tertiary alicyclic amines) is 1. The van der Waals surface area contributed by atoms with Gasteiger partial charge >= 0.3 is 5.69 Å². The van der Waals surface area contributed by atoms with Crippen molar-refractivity contribution in [3.63, 3.8) is 0 Å². The molecule has 1 saturated carbocycles. The second-order valence-corrected chi connectivity index (χ2v) is 10.9. The van der Waals surface area contributed by atoms with Crippen LogP contribution in [0.4, 0.5) is 0 Å². The maximum absolute atomic E-state index is 13.4. The van der Waals surface area contributed by atoms with Gasteiger partial charge in [-0.25, -0.2) is 4.79 Å². The van der Waals surface area contributed by atoms with Crippen molar-refractivity contribution >= 4 is 21.9 Å². The van der Waals surface area contributed by atoms with Crippen molar-refractivity contribution in [2.24, 2.45) is 7.05 Å². The molecule has 2 fully saturated rings. The first-order chi connectivity index (χ1) is 18.6. The Balaban J connectivity index is 1.28. The van der Waals surface area contributed by atoms with Crippen LogP contribution < -0.4 is 10.4 Å². The molecule has 6 rings (SSSR count). The highest BCUT2D eigenvalue weighted by Crippen LogP contribution is 2.35. The summed E-state index contributed by atoms with van der Waals surface area (Å²) < 4.78 is 15.4. The number of rotatable bonds is 8. The average molecular weight is 515 g/mol. The van der Waals surface area contributed by atoms with Crippen LogP contribution in [0.1, 0.15) is 51.0 Å². The number of aromatic nitrogens is 3. The maximum Gasteiger partial charge on any atom is 0.329 e. The molecule has 2 aliphatic rings. The summed E-state index contributed by atoms with van der Waals surface area (Å²) in [7, 11) is 3.62. The fraction of sp³-hybridized carbons (Fsp3) is 0.484. The Labute approximate surface area is 224 Å². The molecule has 2 aromatic heterocycles. The molecule has 2 atom stereocenters. The fourth-order valence-corrected chi connectivity index (χ4v) is 6.34. The lowest BCUT2D eigenvalue weighted by molar-refractivity contribution is 0.0531. The third-order valence-corrected chi connectivity index (χ3v) is 8.49. The number of ether oxygens (including phenoxy) is 2. The lowest BCUT2D eigenvalue weighted by Gasteiger charge is -2.29. The summed E-state index contributed by atoms with van der Waals surface area (Å²) in [5.41, 5.74) is 5.00. The van der Waals surface area contributed by atoms with E-state index in [2.05, 4.69) is 47.4 Å². The van der Waals surface area contributed by atoms with Gasteiger partial charge in [0.2, 0.25) is 0 Å². The van der Waals surface area contributed by atoms with Gasteiger partial charge in [-0.3, -0.25) is 14.1 Å². The van der Waals surface area contributed by atoms with Crippen molar-refractivity contribution in [2.45, 2.75) is 57.1 Å². The molecule has 3 heterocycles. The molecular weight excluding hydrogens is 476 g/mol. The van der Waals surface area contributed by atoms with E-state index in [0.717, 1.165) is 84.1 Å². The van der Waals surface area contributed by atoms with Gasteiger partial charge in [-0.2, -0.15) is 0 Å². The zero-order chi connectivity index (χ0) is 26.1. The van der Waals surface area contributed by atoms with Gasteiger partial charge in [-0.15, -0.1) is 0 Å². The van der Waals surface area contributed by atoms with Crippen LogP contribution in [0, 0.1) is 0 Å². The molecule has 7 nitrogen and oxygen atoms in total. The summed E-state index contributed by atoms with van der Waals surface area (Å²) in [5, 5.41) is 1.01. The fourth-order valence-electron chi connectivity index (χ4n) is 6.34. The standard InChI is InChI=1S/C31H38N4O3/c1-33-29-21-32-28-14-11-23(22-9-12-25(13-10-22)38-18-6-17-34-15-3-4-16-34)19-27(28)30(29)35(31(33)36)24-7-5-8-26(20-24)37-2/h9-14,19,21,24,26H,3-8,15-18,20H2,1-2H3/t24-,26+/m0/s1. The minimum Gasteiger partial charge on any atom is -0.494 e. The summed E-state index contributed by atoms with van der Waals surface area (Å²) in [4.78, 5) is 20.7. The van der Waals surface area contributed by atoms with E-state index in [0.29, 0.717) is 0 Å². The maximum atomic E-state index is 13.4. The molecule has 1 aliphatic heterocycles. The zero-order valence-corrected chi connectivity index (χ0v) is 22.6. The van der Waals surface area contributed by atoms with Crippen LogP contribution in [0.3, 0.4) is 0 Å².